The Morgan fingerprint density at radius 2 is 1.82 bits per heavy atom. The van der Waals surface area contributed by atoms with Gasteiger partial charge in [-0.2, -0.15) is 35.3 Å². The second-order valence-corrected chi connectivity index (χ2v) is 2.70. The summed E-state index contributed by atoms with van der Waals surface area (Å²) in [5.74, 6) is 0. The van der Waals surface area contributed by atoms with E-state index in [2.05, 4.69) is 19.7 Å². The van der Waals surface area contributed by atoms with E-state index in [4.69, 9.17) is 34.8 Å². The third-order valence-electron chi connectivity index (χ3n) is 0.811. The zero-order valence-corrected chi connectivity index (χ0v) is 12.2. The van der Waals surface area contributed by atoms with Gasteiger partial charge in [-0.05, 0) is 0 Å². The van der Waals surface area contributed by atoms with E-state index >= 15 is 0 Å². The first kappa shape index (κ1) is 12.2. The van der Waals surface area contributed by atoms with Crippen LogP contribution in [0.1, 0.15) is 0 Å². The van der Waals surface area contributed by atoms with Gasteiger partial charge >= 0.3 is 30.0 Å². The minimum atomic E-state index is 0.404. The summed E-state index contributed by atoms with van der Waals surface area (Å²) in [5.41, 5.74) is 0. The predicted molar refractivity (Wildman–Crippen MR) is 49.2 cm³/mol. The van der Waals surface area contributed by atoms with Crippen LogP contribution in [-0.4, -0.2) is 0 Å². The zero-order valence-electron chi connectivity index (χ0n) is 5.37. The van der Waals surface area contributed by atoms with E-state index < -0.39 is 0 Å². The summed E-state index contributed by atoms with van der Waals surface area (Å²) < 4.78 is 0. The predicted octanol–water partition coefficient (Wildman–Crippen LogP) is 4.29. The molecule has 0 amide bonds. The number of halogens is 4. The average Bonchev–Trinajstić information content (AvgIpc) is 2.02. The van der Waals surface area contributed by atoms with Crippen molar-refractivity contribution < 1.29 is 16.3 Å². The first-order valence-corrected chi connectivity index (χ1v) is 10.6. The molecule has 0 unspecified atom stereocenters. The fourth-order valence-corrected chi connectivity index (χ4v) is 0.928. The topological polar surface area (TPSA) is 0 Å². The quantitative estimate of drug-likeness (QED) is 0.379. The monoisotopic (exact) mass is 322 g/mol. The maximum absolute atomic E-state index is 5.57. The molecule has 1 rings (SSSR count). The van der Waals surface area contributed by atoms with E-state index in [0.717, 1.165) is 0 Å². The molecule has 11 heavy (non-hydrogen) atoms. The van der Waals surface area contributed by atoms with Crippen molar-refractivity contribution in [2.24, 2.45) is 0 Å². The molecule has 1 aromatic rings. The molecule has 56 valence electrons. The van der Waals surface area contributed by atoms with Crippen LogP contribution in [0.25, 0.3) is 0 Å². The molecule has 0 atom stereocenters. The molecule has 0 heterocycles. The molecular weight excluding hydrogens is 324 g/mol. The summed E-state index contributed by atoms with van der Waals surface area (Å²) in [4.78, 5) is 0. The Bertz CT molecular complexity index is 229. The van der Waals surface area contributed by atoms with Gasteiger partial charge in [0.15, 0.2) is 0 Å². The van der Waals surface area contributed by atoms with Crippen LogP contribution in [0.2, 0.25) is 15.1 Å². The van der Waals surface area contributed by atoms with E-state index in [1.54, 1.807) is 12.1 Å². The molecule has 5 heteroatoms. The van der Waals surface area contributed by atoms with Crippen LogP contribution >= 0.6 is 48.4 Å². The SMILES string of the molecule is Clc1c[c-]c(Cl)c(Cl)c1.[Zn+][Br]. The Morgan fingerprint density at radius 1 is 1.27 bits per heavy atom. The Kier molecular flexibility index (Phi) is 7.41. The van der Waals surface area contributed by atoms with Gasteiger partial charge in [-0.25, -0.2) is 0 Å². The minimum absolute atomic E-state index is 0.404. The van der Waals surface area contributed by atoms with Gasteiger partial charge in [0.05, 0.1) is 0 Å². The van der Waals surface area contributed by atoms with Gasteiger partial charge < -0.3 is 0 Å². The van der Waals surface area contributed by atoms with Crippen molar-refractivity contribution in [3.63, 3.8) is 0 Å². The molecule has 0 fully saturated rings. The van der Waals surface area contributed by atoms with Gasteiger partial charge in [0, 0.05) is 0 Å². The van der Waals surface area contributed by atoms with E-state index in [1.807, 2.05) is 0 Å². The van der Waals surface area contributed by atoms with Crippen LogP contribution in [-0.2, 0) is 16.3 Å². The van der Waals surface area contributed by atoms with E-state index in [0.29, 0.717) is 15.1 Å². The normalized spacial score (nSPS) is 8.55. The first-order chi connectivity index (χ1) is 5.20. The van der Waals surface area contributed by atoms with E-state index in [1.165, 1.54) is 16.3 Å². The molecule has 0 aliphatic carbocycles. The van der Waals surface area contributed by atoms with Crippen LogP contribution in [0.15, 0.2) is 12.1 Å². The van der Waals surface area contributed by atoms with Crippen LogP contribution in [0, 0.1) is 6.07 Å². The summed E-state index contributed by atoms with van der Waals surface area (Å²) in [6.07, 6.45) is 0. The average molecular weight is 326 g/mol. The molecule has 0 saturated heterocycles. The fourth-order valence-electron chi connectivity index (χ4n) is 0.427. The van der Waals surface area contributed by atoms with Gasteiger partial charge in [-0.3, -0.25) is 0 Å². The van der Waals surface area contributed by atoms with Crippen LogP contribution in [0.3, 0.4) is 0 Å². The third-order valence-corrected chi connectivity index (χ3v) is 1.74. The summed E-state index contributed by atoms with van der Waals surface area (Å²) in [7, 11) is 0. The summed E-state index contributed by atoms with van der Waals surface area (Å²) in [6, 6.07) is 5.81. The van der Waals surface area contributed by atoms with Crippen molar-refractivity contribution in [1.82, 2.24) is 0 Å². The Hall–Kier alpha value is 1.19. The molecule has 1 aromatic carbocycles. The van der Waals surface area contributed by atoms with Gasteiger partial charge in [-0.15, -0.1) is 17.7 Å². The van der Waals surface area contributed by atoms with Crippen molar-refractivity contribution in [2.45, 2.75) is 0 Å². The van der Waals surface area contributed by atoms with E-state index in [9.17, 15) is 0 Å². The van der Waals surface area contributed by atoms with Gasteiger partial charge in [0.1, 0.15) is 0 Å². The van der Waals surface area contributed by atoms with Gasteiger partial charge in [-0.1, -0.05) is 15.1 Å². The summed E-state index contributed by atoms with van der Waals surface area (Å²) in [5, 5.41) is 1.38. The number of rotatable bonds is 0. The molecule has 0 aliphatic heterocycles. The zero-order chi connectivity index (χ0) is 8.85. The molecule has 0 aliphatic rings. The standard InChI is InChI=1S/C6H2Cl3.BrH.Zn/c7-4-1-2-5(8)6(9)3-4;;/h1,3H;1H;/q-1;;+2/p-1. The molecule has 0 N–H and O–H groups in total. The van der Waals surface area contributed by atoms with Crippen molar-refractivity contribution in [3.05, 3.63) is 33.3 Å². The van der Waals surface area contributed by atoms with Crippen LogP contribution in [0.4, 0.5) is 0 Å². The Labute approximate surface area is 97.2 Å². The van der Waals surface area contributed by atoms with Crippen molar-refractivity contribution in [3.8, 4) is 0 Å². The molecular formula is C6H2BrCl3Zn. The Balaban J connectivity index is 0.000000461. The first-order valence-electron chi connectivity index (χ1n) is 2.49. The van der Waals surface area contributed by atoms with Crippen LogP contribution in [0.5, 0.6) is 0 Å². The second-order valence-electron chi connectivity index (χ2n) is 1.48. The van der Waals surface area contributed by atoms with Crippen molar-refractivity contribution in [1.29, 1.82) is 0 Å². The fraction of sp³-hybridized carbons (Fsp3) is 0. The molecule has 0 aromatic heterocycles. The van der Waals surface area contributed by atoms with Crippen molar-refractivity contribution in [2.75, 3.05) is 0 Å². The third kappa shape index (κ3) is 4.70. The number of hydrogen-bond acceptors (Lipinski definition) is 0. The van der Waals surface area contributed by atoms with Crippen molar-refractivity contribution >= 4 is 48.4 Å². The molecule has 0 bridgehead atoms. The summed E-state index contributed by atoms with van der Waals surface area (Å²) >= 11 is 20.9. The second kappa shape index (κ2) is 6.68. The molecule has 0 spiro atoms. The number of hydrogen-bond donors (Lipinski definition) is 0. The summed E-state index contributed by atoms with van der Waals surface area (Å²) in [6.45, 7) is 0. The maximum atomic E-state index is 5.57. The molecule has 0 saturated carbocycles. The van der Waals surface area contributed by atoms with Crippen LogP contribution < -0.4 is 0 Å². The Morgan fingerprint density at radius 3 is 2.18 bits per heavy atom. The van der Waals surface area contributed by atoms with E-state index in [-0.39, 0.29) is 0 Å². The molecule has 0 radical (unpaired) electrons. The molecule has 0 nitrogen and oxygen atoms in total. The van der Waals surface area contributed by atoms with Gasteiger partial charge in [0.25, 0.3) is 0 Å². The number of benzene rings is 1. The van der Waals surface area contributed by atoms with Gasteiger partial charge in [0.2, 0.25) is 0 Å².